The normalized spacial score (nSPS) is 14.7. The second-order valence-electron chi connectivity index (χ2n) is 6.61. The first-order chi connectivity index (χ1) is 12.9. The number of carbonyl (C=O) groups is 1. The fraction of sp³-hybridized carbons (Fsp3) is 0.190. The van der Waals surface area contributed by atoms with E-state index < -0.39 is 5.97 Å². The van der Waals surface area contributed by atoms with Crippen LogP contribution in [-0.2, 0) is 4.79 Å². The number of fused-ring (bicyclic) bond motifs is 2. The summed E-state index contributed by atoms with van der Waals surface area (Å²) in [5, 5.41) is 0. The summed E-state index contributed by atoms with van der Waals surface area (Å²) in [7, 11) is 0. The highest BCUT2D eigenvalue weighted by Gasteiger charge is 2.33. The van der Waals surface area contributed by atoms with Gasteiger partial charge in [0.25, 0.3) is 5.56 Å². The number of aromatic nitrogens is 2. The number of rotatable bonds is 2. The molecule has 0 spiro atoms. The molecule has 6 heteroatoms. The van der Waals surface area contributed by atoms with Crippen molar-refractivity contribution >= 4 is 5.97 Å². The maximum Gasteiger partial charge on any atom is 0.308 e. The molecule has 1 unspecified atom stereocenters. The summed E-state index contributed by atoms with van der Waals surface area (Å²) in [4.78, 5) is 31.1. The number of esters is 1. The molecular weight excluding hydrogens is 344 g/mol. The van der Waals surface area contributed by atoms with Crippen LogP contribution in [0.5, 0.6) is 17.4 Å². The Kier molecular flexibility index (Phi) is 4.03. The van der Waals surface area contributed by atoms with Crippen LogP contribution >= 0.6 is 0 Å². The lowest BCUT2D eigenvalue weighted by Crippen LogP contribution is -2.24. The lowest BCUT2D eigenvalue weighted by atomic mass is 9.84. The van der Waals surface area contributed by atoms with Crippen LogP contribution < -0.4 is 15.0 Å². The second-order valence-corrected chi connectivity index (χ2v) is 6.61. The van der Waals surface area contributed by atoms with Gasteiger partial charge in [-0.3, -0.25) is 9.59 Å². The van der Waals surface area contributed by atoms with Crippen molar-refractivity contribution < 1.29 is 14.3 Å². The molecule has 1 aliphatic rings. The number of aromatic amines is 1. The molecule has 0 saturated heterocycles. The van der Waals surface area contributed by atoms with Crippen LogP contribution in [0, 0.1) is 13.8 Å². The molecular formula is C21H18N2O4. The molecule has 0 aliphatic carbocycles. The van der Waals surface area contributed by atoms with Crippen LogP contribution in [0.2, 0.25) is 0 Å². The van der Waals surface area contributed by atoms with Crippen molar-refractivity contribution in [2.75, 3.05) is 0 Å². The van der Waals surface area contributed by atoms with Gasteiger partial charge in [0.15, 0.2) is 0 Å². The largest absolute Gasteiger partial charge is 0.438 e. The van der Waals surface area contributed by atoms with E-state index in [2.05, 4.69) is 9.97 Å². The highest BCUT2D eigenvalue weighted by Crippen LogP contribution is 2.46. The molecule has 0 amide bonds. The molecule has 27 heavy (non-hydrogen) atoms. The van der Waals surface area contributed by atoms with Gasteiger partial charge in [0.2, 0.25) is 5.88 Å². The number of nitrogens with one attached hydrogen (secondary N) is 1. The van der Waals surface area contributed by atoms with Gasteiger partial charge in [0.05, 0.1) is 5.56 Å². The van der Waals surface area contributed by atoms with Crippen LogP contribution in [0.3, 0.4) is 0 Å². The van der Waals surface area contributed by atoms with E-state index in [1.165, 1.54) is 6.92 Å². The zero-order chi connectivity index (χ0) is 19.1. The highest BCUT2D eigenvalue weighted by atomic mass is 16.5. The minimum atomic E-state index is -0.411. The van der Waals surface area contributed by atoms with Crippen molar-refractivity contribution in [3.8, 4) is 17.4 Å². The van der Waals surface area contributed by atoms with Gasteiger partial charge >= 0.3 is 5.97 Å². The topological polar surface area (TPSA) is 81.3 Å². The monoisotopic (exact) mass is 362 g/mol. The summed E-state index contributed by atoms with van der Waals surface area (Å²) in [5.74, 6) is 0.910. The minimum Gasteiger partial charge on any atom is -0.438 e. The Balaban J connectivity index is 1.93. The maximum atomic E-state index is 12.7. The number of H-pyrrole nitrogens is 1. The van der Waals surface area contributed by atoms with Gasteiger partial charge in [0, 0.05) is 24.5 Å². The highest BCUT2D eigenvalue weighted by molar-refractivity contribution is 5.70. The standard InChI is InChI=1S/C21H18N2O4/c1-11-4-6-14(7-5-11)18-16-9-8-15(26-13(3)24)10-17(16)27-21-19(18)20(25)22-12(2)23-21/h4-10,18H,1-3H3,(H,22,23,25). The Morgan fingerprint density at radius 3 is 2.59 bits per heavy atom. The lowest BCUT2D eigenvalue weighted by Gasteiger charge is -2.27. The molecule has 0 saturated carbocycles. The van der Waals surface area contributed by atoms with Gasteiger partial charge < -0.3 is 14.5 Å². The number of aryl methyl sites for hydroxylation is 2. The first kappa shape index (κ1) is 17.0. The molecule has 0 fully saturated rings. The van der Waals surface area contributed by atoms with Crippen molar-refractivity contribution in [2.45, 2.75) is 26.7 Å². The van der Waals surface area contributed by atoms with Gasteiger partial charge in [-0.2, -0.15) is 4.98 Å². The van der Waals surface area contributed by atoms with Gasteiger partial charge in [0.1, 0.15) is 17.3 Å². The fourth-order valence-electron chi connectivity index (χ4n) is 3.34. The fourth-order valence-corrected chi connectivity index (χ4v) is 3.34. The first-order valence-corrected chi connectivity index (χ1v) is 8.60. The zero-order valence-corrected chi connectivity index (χ0v) is 15.2. The number of hydrogen-bond donors (Lipinski definition) is 1. The van der Waals surface area contributed by atoms with E-state index in [4.69, 9.17) is 9.47 Å². The second kappa shape index (κ2) is 6.39. The SMILES string of the molecule is CC(=O)Oc1ccc2c(c1)Oc1nc(C)[nH]c(=O)c1C2c1ccc(C)cc1. The summed E-state index contributed by atoms with van der Waals surface area (Å²) in [6.07, 6.45) is 0. The molecule has 1 aromatic heterocycles. The smallest absolute Gasteiger partial charge is 0.308 e. The Labute approximate surface area is 155 Å². The minimum absolute atomic E-state index is 0.224. The Morgan fingerprint density at radius 2 is 1.89 bits per heavy atom. The molecule has 136 valence electrons. The number of ether oxygens (including phenoxy) is 2. The third-order valence-electron chi connectivity index (χ3n) is 4.50. The van der Waals surface area contributed by atoms with E-state index in [1.54, 1.807) is 19.1 Å². The average molecular weight is 362 g/mol. The van der Waals surface area contributed by atoms with Crippen molar-refractivity contribution in [1.29, 1.82) is 0 Å². The lowest BCUT2D eigenvalue weighted by molar-refractivity contribution is -0.131. The predicted molar refractivity (Wildman–Crippen MR) is 99.5 cm³/mol. The van der Waals surface area contributed by atoms with E-state index in [-0.39, 0.29) is 17.4 Å². The number of benzene rings is 2. The van der Waals surface area contributed by atoms with Crippen molar-refractivity contribution in [1.82, 2.24) is 9.97 Å². The zero-order valence-electron chi connectivity index (χ0n) is 15.2. The van der Waals surface area contributed by atoms with Crippen LogP contribution in [0.1, 0.15) is 40.9 Å². The molecule has 1 atom stereocenters. The summed E-state index contributed by atoms with van der Waals surface area (Å²) in [6.45, 7) is 5.06. The number of carbonyl (C=O) groups excluding carboxylic acids is 1. The molecule has 1 N–H and O–H groups in total. The Bertz CT molecular complexity index is 1100. The van der Waals surface area contributed by atoms with Crippen molar-refractivity contribution in [3.05, 3.63) is 80.9 Å². The van der Waals surface area contributed by atoms with E-state index in [9.17, 15) is 9.59 Å². The van der Waals surface area contributed by atoms with Crippen molar-refractivity contribution in [2.24, 2.45) is 0 Å². The molecule has 2 aromatic carbocycles. The molecule has 2 heterocycles. The van der Waals surface area contributed by atoms with E-state index in [0.717, 1.165) is 16.7 Å². The van der Waals surface area contributed by atoms with Gasteiger partial charge in [-0.05, 0) is 25.5 Å². The van der Waals surface area contributed by atoms with Gasteiger partial charge in [-0.15, -0.1) is 0 Å². The van der Waals surface area contributed by atoms with Crippen LogP contribution in [0.25, 0.3) is 0 Å². The Hall–Kier alpha value is -3.41. The summed E-state index contributed by atoms with van der Waals surface area (Å²) >= 11 is 0. The summed E-state index contributed by atoms with van der Waals surface area (Å²) < 4.78 is 11.1. The van der Waals surface area contributed by atoms with E-state index in [0.29, 0.717) is 22.9 Å². The third-order valence-corrected chi connectivity index (χ3v) is 4.50. The Morgan fingerprint density at radius 1 is 1.15 bits per heavy atom. The summed E-state index contributed by atoms with van der Waals surface area (Å²) in [5.41, 5.74) is 3.16. The quantitative estimate of drug-likeness (QED) is 0.435. The molecule has 0 radical (unpaired) electrons. The van der Waals surface area contributed by atoms with Gasteiger partial charge in [-0.1, -0.05) is 35.9 Å². The van der Waals surface area contributed by atoms with Crippen LogP contribution in [-0.4, -0.2) is 15.9 Å². The summed E-state index contributed by atoms with van der Waals surface area (Å²) in [6, 6.07) is 13.2. The number of nitrogens with zero attached hydrogens (tertiary/aromatic N) is 1. The molecule has 6 nitrogen and oxygen atoms in total. The molecule has 1 aliphatic heterocycles. The number of hydrogen-bond acceptors (Lipinski definition) is 5. The maximum absolute atomic E-state index is 12.7. The van der Waals surface area contributed by atoms with Crippen LogP contribution in [0.4, 0.5) is 0 Å². The van der Waals surface area contributed by atoms with E-state index >= 15 is 0 Å². The molecule has 0 bridgehead atoms. The van der Waals surface area contributed by atoms with Crippen LogP contribution in [0.15, 0.2) is 47.3 Å². The third kappa shape index (κ3) is 3.10. The van der Waals surface area contributed by atoms with E-state index in [1.807, 2.05) is 37.3 Å². The predicted octanol–water partition coefficient (Wildman–Crippen LogP) is 3.60. The average Bonchev–Trinajstić information content (AvgIpc) is 2.60. The van der Waals surface area contributed by atoms with Gasteiger partial charge in [-0.25, -0.2) is 0 Å². The molecule has 3 aromatic rings. The molecule has 4 rings (SSSR count). The van der Waals surface area contributed by atoms with Crippen molar-refractivity contribution in [3.63, 3.8) is 0 Å². The first-order valence-electron chi connectivity index (χ1n) is 8.60.